The summed E-state index contributed by atoms with van der Waals surface area (Å²) >= 11 is 0. The van der Waals surface area contributed by atoms with Gasteiger partial charge < -0.3 is 13.7 Å². The van der Waals surface area contributed by atoms with Crippen molar-refractivity contribution in [2.45, 2.75) is 30.2 Å². The van der Waals surface area contributed by atoms with Gasteiger partial charge in [-0.2, -0.15) is 4.98 Å². The fourth-order valence-electron chi connectivity index (χ4n) is 3.21. The highest BCUT2D eigenvalue weighted by Crippen LogP contribution is 2.38. The SMILES string of the molecule is COc1ccc(NS(=O)(=O)c2ccc3c(c2)oc(=O)n3Cc2noc(C3CC3)n2)cc1. The van der Waals surface area contributed by atoms with Gasteiger partial charge in [0.25, 0.3) is 10.0 Å². The number of rotatable bonds is 7. The second-order valence-electron chi connectivity index (χ2n) is 7.24. The van der Waals surface area contributed by atoms with Crippen molar-refractivity contribution in [1.82, 2.24) is 14.7 Å². The summed E-state index contributed by atoms with van der Waals surface area (Å²) in [6.07, 6.45) is 2.05. The average molecular weight is 442 g/mol. The van der Waals surface area contributed by atoms with E-state index in [1.54, 1.807) is 24.3 Å². The third-order valence-electron chi connectivity index (χ3n) is 5.00. The van der Waals surface area contributed by atoms with Crippen LogP contribution in [0.4, 0.5) is 5.69 Å². The summed E-state index contributed by atoms with van der Waals surface area (Å²) in [5.74, 6) is 1.23. The number of oxazole rings is 1. The molecule has 31 heavy (non-hydrogen) atoms. The Morgan fingerprint density at radius 2 is 1.97 bits per heavy atom. The molecule has 5 rings (SSSR count). The highest BCUT2D eigenvalue weighted by molar-refractivity contribution is 7.92. The van der Waals surface area contributed by atoms with Crippen LogP contribution in [0.5, 0.6) is 5.75 Å². The predicted octanol–water partition coefficient (Wildman–Crippen LogP) is 2.71. The molecule has 1 aliphatic rings. The molecule has 2 heterocycles. The van der Waals surface area contributed by atoms with Gasteiger partial charge in [-0.25, -0.2) is 13.2 Å². The van der Waals surface area contributed by atoms with Crippen LogP contribution in [0.25, 0.3) is 11.1 Å². The Kier molecular flexibility index (Phi) is 4.54. The molecule has 1 N–H and O–H groups in total. The van der Waals surface area contributed by atoms with Crippen molar-refractivity contribution in [3.8, 4) is 5.75 Å². The second kappa shape index (κ2) is 7.27. The van der Waals surface area contributed by atoms with Crippen LogP contribution >= 0.6 is 0 Å². The zero-order valence-electron chi connectivity index (χ0n) is 16.4. The van der Waals surface area contributed by atoms with Crippen molar-refractivity contribution >= 4 is 26.8 Å². The van der Waals surface area contributed by atoms with Crippen molar-refractivity contribution in [3.05, 3.63) is 64.7 Å². The van der Waals surface area contributed by atoms with Crippen LogP contribution in [0.2, 0.25) is 0 Å². The lowest BCUT2D eigenvalue weighted by Gasteiger charge is -2.09. The Morgan fingerprint density at radius 1 is 1.19 bits per heavy atom. The Morgan fingerprint density at radius 3 is 2.68 bits per heavy atom. The van der Waals surface area contributed by atoms with E-state index in [-0.39, 0.29) is 17.0 Å². The first-order valence-corrected chi connectivity index (χ1v) is 11.0. The van der Waals surface area contributed by atoms with Crippen molar-refractivity contribution in [2.75, 3.05) is 11.8 Å². The number of nitrogens with one attached hydrogen (secondary N) is 1. The lowest BCUT2D eigenvalue weighted by Crippen LogP contribution is -2.15. The monoisotopic (exact) mass is 442 g/mol. The maximum absolute atomic E-state index is 12.8. The van der Waals surface area contributed by atoms with E-state index in [1.807, 2.05) is 0 Å². The van der Waals surface area contributed by atoms with Gasteiger partial charge in [-0.1, -0.05) is 5.16 Å². The van der Waals surface area contributed by atoms with Crippen LogP contribution in [0.3, 0.4) is 0 Å². The molecule has 0 saturated heterocycles. The van der Waals surface area contributed by atoms with Gasteiger partial charge >= 0.3 is 5.76 Å². The van der Waals surface area contributed by atoms with E-state index in [0.717, 1.165) is 12.8 Å². The first-order valence-electron chi connectivity index (χ1n) is 9.56. The molecule has 1 saturated carbocycles. The smallest absolute Gasteiger partial charge is 0.420 e. The number of sulfonamides is 1. The van der Waals surface area contributed by atoms with Gasteiger partial charge in [-0.15, -0.1) is 0 Å². The van der Waals surface area contributed by atoms with Crippen LogP contribution < -0.4 is 15.2 Å². The van der Waals surface area contributed by atoms with Crippen LogP contribution in [-0.2, 0) is 16.6 Å². The predicted molar refractivity (Wildman–Crippen MR) is 110 cm³/mol. The molecule has 0 atom stereocenters. The number of methoxy groups -OCH3 is 1. The number of hydrogen-bond acceptors (Lipinski definition) is 8. The van der Waals surface area contributed by atoms with E-state index >= 15 is 0 Å². The van der Waals surface area contributed by atoms with E-state index < -0.39 is 15.8 Å². The first-order chi connectivity index (χ1) is 14.9. The minimum absolute atomic E-state index is 0.0349. The molecule has 0 aliphatic heterocycles. The summed E-state index contributed by atoms with van der Waals surface area (Å²) in [4.78, 5) is 16.6. The summed E-state index contributed by atoms with van der Waals surface area (Å²) in [7, 11) is -2.36. The molecule has 0 spiro atoms. The number of fused-ring (bicyclic) bond motifs is 1. The van der Waals surface area contributed by atoms with Crippen LogP contribution in [-0.4, -0.2) is 30.2 Å². The maximum Gasteiger partial charge on any atom is 0.420 e. The van der Waals surface area contributed by atoms with Gasteiger partial charge in [0.15, 0.2) is 11.4 Å². The molecule has 0 amide bonds. The molecule has 2 aromatic carbocycles. The van der Waals surface area contributed by atoms with E-state index in [2.05, 4.69) is 14.9 Å². The zero-order valence-corrected chi connectivity index (χ0v) is 17.3. The third kappa shape index (κ3) is 3.79. The molecule has 0 bridgehead atoms. The van der Waals surface area contributed by atoms with Gasteiger partial charge in [0, 0.05) is 17.7 Å². The maximum atomic E-state index is 12.8. The quantitative estimate of drug-likeness (QED) is 0.462. The van der Waals surface area contributed by atoms with Crippen LogP contribution in [0.1, 0.15) is 30.5 Å². The molecular formula is C20H18N4O6S. The van der Waals surface area contributed by atoms with E-state index in [0.29, 0.717) is 34.6 Å². The standard InChI is InChI=1S/C20H18N4O6S/c1-28-14-6-4-13(5-7-14)23-31(26,27)15-8-9-16-17(10-15)29-20(25)24(16)11-18-21-19(30-22-18)12-2-3-12/h4-10,12,23H,2-3,11H2,1H3. The van der Waals surface area contributed by atoms with Gasteiger partial charge in [-0.05, 0) is 49.2 Å². The third-order valence-corrected chi connectivity index (χ3v) is 6.38. The lowest BCUT2D eigenvalue weighted by molar-refractivity contribution is 0.372. The fourth-order valence-corrected chi connectivity index (χ4v) is 4.28. The topological polar surface area (TPSA) is 129 Å². The Bertz CT molecular complexity index is 1410. The Labute approximate surface area is 176 Å². The molecule has 4 aromatic rings. The van der Waals surface area contributed by atoms with Crippen molar-refractivity contribution in [1.29, 1.82) is 0 Å². The van der Waals surface area contributed by atoms with E-state index in [4.69, 9.17) is 13.7 Å². The summed E-state index contributed by atoms with van der Waals surface area (Å²) in [5, 5.41) is 3.91. The molecule has 0 unspecified atom stereocenters. The van der Waals surface area contributed by atoms with Crippen molar-refractivity contribution < 1.29 is 22.1 Å². The molecule has 10 nitrogen and oxygen atoms in total. The summed E-state index contributed by atoms with van der Waals surface area (Å²) in [5.41, 5.74) is 0.961. The number of hydrogen-bond donors (Lipinski definition) is 1. The Hall–Kier alpha value is -3.60. The molecule has 1 aliphatic carbocycles. The fraction of sp³-hybridized carbons (Fsp3) is 0.250. The summed E-state index contributed by atoms with van der Waals surface area (Å²) < 4.78 is 44.9. The summed E-state index contributed by atoms with van der Waals surface area (Å²) in [6.45, 7) is 0.0677. The van der Waals surface area contributed by atoms with Crippen LogP contribution in [0.15, 0.2) is 61.1 Å². The van der Waals surface area contributed by atoms with Gasteiger partial charge in [0.1, 0.15) is 5.75 Å². The zero-order chi connectivity index (χ0) is 21.6. The number of benzene rings is 2. The van der Waals surface area contributed by atoms with Gasteiger partial charge in [0.2, 0.25) is 5.89 Å². The lowest BCUT2D eigenvalue weighted by atomic mass is 10.3. The average Bonchev–Trinajstić information content (AvgIpc) is 3.42. The van der Waals surface area contributed by atoms with E-state index in [1.165, 1.54) is 29.9 Å². The van der Waals surface area contributed by atoms with Crippen LogP contribution in [0, 0.1) is 0 Å². The summed E-state index contributed by atoms with van der Waals surface area (Å²) in [6, 6.07) is 10.7. The first kappa shape index (κ1) is 19.4. The second-order valence-corrected chi connectivity index (χ2v) is 8.92. The molecule has 0 radical (unpaired) electrons. The van der Waals surface area contributed by atoms with Gasteiger partial charge in [-0.3, -0.25) is 9.29 Å². The molecular weight excluding hydrogens is 424 g/mol. The normalized spacial score (nSPS) is 14.1. The minimum Gasteiger partial charge on any atom is -0.497 e. The number of aromatic nitrogens is 3. The number of nitrogens with zero attached hydrogens (tertiary/aromatic N) is 3. The minimum atomic E-state index is -3.89. The largest absolute Gasteiger partial charge is 0.497 e. The molecule has 2 aromatic heterocycles. The highest BCUT2D eigenvalue weighted by Gasteiger charge is 2.29. The number of ether oxygens (including phenoxy) is 1. The molecule has 160 valence electrons. The highest BCUT2D eigenvalue weighted by atomic mass is 32.2. The van der Waals surface area contributed by atoms with Crippen molar-refractivity contribution in [2.24, 2.45) is 0 Å². The molecule has 1 fully saturated rings. The molecule has 11 heteroatoms. The number of anilines is 1. The van der Waals surface area contributed by atoms with Gasteiger partial charge in [0.05, 0.1) is 24.1 Å². The van der Waals surface area contributed by atoms with E-state index in [9.17, 15) is 13.2 Å². The Balaban J connectivity index is 1.42. The van der Waals surface area contributed by atoms with Crippen molar-refractivity contribution in [3.63, 3.8) is 0 Å².